The van der Waals surface area contributed by atoms with Crippen LogP contribution in [-0.4, -0.2) is 37.2 Å². The van der Waals surface area contributed by atoms with Crippen molar-refractivity contribution in [3.8, 4) is 0 Å². The van der Waals surface area contributed by atoms with Crippen LogP contribution in [0.5, 0.6) is 0 Å². The minimum Gasteiger partial charge on any atom is -0.462 e. The average molecular weight is 1140 g/mol. The van der Waals surface area contributed by atoms with Crippen LogP contribution in [0.15, 0.2) is 109 Å². The van der Waals surface area contributed by atoms with Gasteiger partial charge in [-0.05, 0) is 109 Å². The summed E-state index contributed by atoms with van der Waals surface area (Å²) < 4.78 is 16.9. The molecule has 0 spiro atoms. The number of hydrogen-bond donors (Lipinski definition) is 0. The second kappa shape index (κ2) is 69.6. The zero-order chi connectivity index (χ0) is 59.2. The van der Waals surface area contributed by atoms with Gasteiger partial charge < -0.3 is 14.2 Å². The van der Waals surface area contributed by atoms with Gasteiger partial charge in [-0.2, -0.15) is 0 Å². The number of rotatable bonds is 63. The largest absolute Gasteiger partial charge is 0.462 e. The van der Waals surface area contributed by atoms with E-state index in [1.54, 1.807) is 0 Å². The third kappa shape index (κ3) is 66.9. The van der Waals surface area contributed by atoms with Crippen LogP contribution in [0.25, 0.3) is 0 Å². The number of hydrogen-bond acceptors (Lipinski definition) is 6. The molecular formula is C76H130O6. The maximum Gasteiger partial charge on any atom is 0.306 e. The highest BCUT2D eigenvalue weighted by atomic mass is 16.6. The Labute approximate surface area is 508 Å². The first-order valence-corrected chi connectivity index (χ1v) is 34.9. The molecule has 0 amide bonds. The predicted molar refractivity (Wildman–Crippen MR) is 357 cm³/mol. The summed E-state index contributed by atoms with van der Waals surface area (Å²) in [7, 11) is 0. The van der Waals surface area contributed by atoms with Gasteiger partial charge in [0.05, 0.1) is 0 Å². The Bertz CT molecular complexity index is 1640. The van der Waals surface area contributed by atoms with Gasteiger partial charge in [0.1, 0.15) is 13.2 Å². The molecule has 6 heteroatoms. The van der Waals surface area contributed by atoms with E-state index in [1.807, 2.05) is 0 Å². The summed E-state index contributed by atoms with van der Waals surface area (Å²) in [4.78, 5) is 38.1. The zero-order valence-corrected chi connectivity index (χ0v) is 54.0. The molecule has 1 atom stereocenters. The molecule has 0 aliphatic rings. The minimum absolute atomic E-state index is 0.0773. The van der Waals surface area contributed by atoms with Gasteiger partial charge in [-0.25, -0.2) is 0 Å². The van der Waals surface area contributed by atoms with Crippen molar-refractivity contribution in [2.24, 2.45) is 0 Å². The Morgan fingerprint density at radius 2 is 0.476 bits per heavy atom. The fourth-order valence-electron chi connectivity index (χ4n) is 9.81. The molecule has 0 saturated heterocycles. The van der Waals surface area contributed by atoms with Crippen LogP contribution in [0.3, 0.4) is 0 Å². The third-order valence-corrected chi connectivity index (χ3v) is 15.0. The van der Waals surface area contributed by atoms with Gasteiger partial charge in [-0.15, -0.1) is 0 Å². The van der Waals surface area contributed by atoms with Crippen LogP contribution in [0.4, 0.5) is 0 Å². The highest BCUT2D eigenvalue weighted by Crippen LogP contribution is 2.17. The Morgan fingerprint density at radius 3 is 0.744 bits per heavy atom. The fraction of sp³-hybridized carbons (Fsp3) is 0.724. The van der Waals surface area contributed by atoms with E-state index in [0.717, 1.165) is 109 Å². The van der Waals surface area contributed by atoms with Crippen LogP contribution in [0.2, 0.25) is 0 Å². The molecule has 0 aromatic heterocycles. The van der Waals surface area contributed by atoms with Crippen molar-refractivity contribution in [3.63, 3.8) is 0 Å². The summed E-state index contributed by atoms with van der Waals surface area (Å²) in [5.41, 5.74) is 0. The van der Waals surface area contributed by atoms with Crippen molar-refractivity contribution in [2.75, 3.05) is 13.2 Å². The van der Waals surface area contributed by atoms with Crippen molar-refractivity contribution >= 4 is 17.9 Å². The van der Waals surface area contributed by atoms with Crippen LogP contribution < -0.4 is 0 Å². The quantitative estimate of drug-likeness (QED) is 0.0261. The number of ether oxygens (including phenoxy) is 3. The Morgan fingerprint density at radius 1 is 0.256 bits per heavy atom. The minimum atomic E-state index is -0.778. The SMILES string of the molecule is CC/C=C\C/C=C\C/C=C\C/C=C\C/C=C\C/C=C\CCCCCCCCCCCCCCC(=O)OCC(COC(=O)CCCCCCCC)OC(=O)CCCCCCCCCCCCCC/C=C\C/C=C\C/C=C\CCCCCCC. The molecule has 470 valence electrons. The van der Waals surface area contributed by atoms with Gasteiger partial charge in [0.2, 0.25) is 0 Å². The highest BCUT2D eigenvalue weighted by molar-refractivity contribution is 5.71. The topological polar surface area (TPSA) is 78.9 Å². The fourth-order valence-corrected chi connectivity index (χ4v) is 9.81. The molecule has 0 rings (SSSR count). The van der Waals surface area contributed by atoms with Gasteiger partial charge in [0.15, 0.2) is 6.10 Å². The van der Waals surface area contributed by atoms with Gasteiger partial charge in [-0.3, -0.25) is 14.4 Å². The molecule has 0 fully saturated rings. The van der Waals surface area contributed by atoms with Gasteiger partial charge >= 0.3 is 17.9 Å². The van der Waals surface area contributed by atoms with Gasteiger partial charge in [0.25, 0.3) is 0 Å². The predicted octanol–water partition coefficient (Wildman–Crippen LogP) is 24.2. The maximum absolute atomic E-state index is 12.9. The number of unbranched alkanes of at least 4 members (excludes halogenated alkanes) is 34. The lowest BCUT2D eigenvalue weighted by Gasteiger charge is -2.18. The summed E-state index contributed by atoms with van der Waals surface area (Å²) in [6, 6.07) is 0. The summed E-state index contributed by atoms with van der Waals surface area (Å²) in [5.74, 6) is -0.880. The van der Waals surface area contributed by atoms with Crippen molar-refractivity contribution < 1.29 is 28.6 Å². The standard InChI is InChI=1S/C76H130O6/c1-4-7-10-13-16-18-20-22-24-26-28-30-32-34-36-37-38-39-41-42-44-46-48-50-52-54-56-58-60-63-66-69-75(78)81-72-73(71-80-74(77)68-65-62-15-12-9-6-3)82-76(79)70-67-64-61-59-57-55-53-51-49-47-45-43-40-35-33-31-29-27-25-23-21-19-17-14-11-8-5-2/h7,10,16,18,21-24,27-30,33-36,38-39,73H,4-6,8-9,11-15,17,19-20,25-26,31-32,37,40-72H2,1-3H3/b10-7-,18-16-,23-21-,24-22-,29-27-,30-28-,35-33-,36-34-,39-38-. The first-order chi connectivity index (χ1) is 40.5. The van der Waals surface area contributed by atoms with Crippen LogP contribution in [-0.2, 0) is 28.6 Å². The van der Waals surface area contributed by atoms with E-state index in [-0.39, 0.29) is 31.1 Å². The number of allylic oxidation sites excluding steroid dienone is 18. The second-order valence-corrected chi connectivity index (χ2v) is 23.1. The van der Waals surface area contributed by atoms with Crippen LogP contribution in [0, 0.1) is 0 Å². The molecule has 0 radical (unpaired) electrons. The van der Waals surface area contributed by atoms with Crippen molar-refractivity contribution in [1.29, 1.82) is 0 Å². The molecular weight excluding hydrogens is 1010 g/mol. The van der Waals surface area contributed by atoms with E-state index in [1.165, 1.54) is 186 Å². The number of esters is 3. The van der Waals surface area contributed by atoms with Crippen molar-refractivity contribution in [1.82, 2.24) is 0 Å². The molecule has 0 aliphatic heterocycles. The van der Waals surface area contributed by atoms with Crippen molar-refractivity contribution in [3.05, 3.63) is 109 Å². The Hall–Kier alpha value is -3.93. The molecule has 0 aliphatic carbocycles. The highest BCUT2D eigenvalue weighted by Gasteiger charge is 2.19. The number of carbonyl (C=O) groups is 3. The third-order valence-electron chi connectivity index (χ3n) is 15.0. The van der Waals surface area contributed by atoms with Crippen LogP contribution in [0.1, 0.15) is 335 Å². The summed E-state index contributed by atoms with van der Waals surface area (Å²) in [5, 5.41) is 0. The molecule has 0 aromatic rings. The average Bonchev–Trinajstić information content (AvgIpc) is 3.47. The molecule has 6 nitrogen and oxygen atoms in total. The van der Waals surface area contributed by atoms with Gasteiger partial charge in [-0.1, -0.05) is 316 Å². The van der Waals surface area contributed by atoms with Crippen LogP contribution >= 0.6 is 0 Å². The molecule has 0 bridgehead atoms. The van der Waals surface area contributed by atoms with E-state index >= 15 is 0 Å². The molecule has 1 unspecified atom stereocenters. The summed E-state index contributed by atoms with van der Waals surface area (Å²) in [6.45, 7) is 6.48. The summed E-state index contributed by atoms with van der Waals surface area (Å²) >= 11 is 0. The molecule has 82 heavy (non-hydrogen) atoms. The summed E-state index contributed by atoms with van der Waals surface area (Å²) in [6.07, 6.45) is 95.8. The van der Waals surface area contributed by atoms with Gasteiger partial charge in [0, 0.05) is 19.3 Å². The van der Waals surface area contributed by atoms with E-state index < -0.39 is 6.10 Å². The first-order valence-electron chi connectivity index (χ1n) is 34.9. The van der Waals surface area contributed by atoms with Crippen molar-refractivity contribution in [2.45, 2.75) is 341 Å². The monoisotopic (exact) mass is 1140 g/mol. The van der Waals surface area contributed by atoms with E-state index in [2.05, 4.69) is 130 Å². The van der Waals surface area contributed by atoms with E-state index in [9.17, 15) is 14.4 Å². The maximum atomic E-state index is 12.9. The van der Waals surface area contributed by atoms with E-state index in [0.29, 0.717) is 19.3 Å². The smallest absolute Gasteiger partial charge is 0.306 e. The second-order valence-electron chi connectivity index (χ2n) is 23.1. The molecule has 0 heterocycles. The number of carbonyl (C=O) groups excluding carboxylic acids is 3. The normalized spacial score (nSPS) is 12.8. The van der Waals surface area contributed by atoms with E-state index in [4.69, 9.17) is 14.2 Å². The zero-order valence-electron chi connectivity index (χ0n) is 54.0. The lowest BCUT2D eigenvalue weighted by atomic mass is 10.0. The Balaban J connectivity index is 4.06. The first kappa shape index (κ1) is 78.1. The molecule has 0 saturated carbocycles. The molecule has 0 N–H and O–H groups in total. The lowest BCUT2D eigenvalue weighted by molar-refractivity contribution is -0.167. The Kier molecular flexibility index (Phi) is 66.2. The lowest BCUT2D eigenvalue weighted by Crippen LogP contribution is -2.30. The molecule has 0 aromatic carbocycles.